The zero-order valence-electron chi connectivity index (χ0n) is 11.8. The lowest BCUT2D eigenvalue weighted by atomic mass is 10.2. The summed E-state index contributed by atoms with van der Waals surface area (Å²) in [6.07, 6.45) is 2.34. The Balaban J connectivity index is 1.72. The fourth-order valence-electron chi connectivity index (χ4n) is 2.10. The smallest absolute Gasteiger partial charge is 0.252 e. The first-order valence-corrected chi connectivity index (χ1v) is 7.29. The molecule has 8 heteroatoms. The average molecular weight is 314 g/mol. The Hall–Kier alpha value is -1.41. The maximum Gasteiger partial charge on any atom is 0.252 e. The third-order valence-electron chi connectivity index (χ3n) is 3.28. The number of ether oxygens (including phenoxy) is 1. The van der Waals surface area contributed by atoms with E-state index >= 15 is 0 Å². The number of pyridine rings is 1. The summed E-state index contributed by atoms with van der Waals surface area (Å²) in [6.45, 7) is 5.07. The summed E-state index contributed by atoms with van der Waals surface area (Å²) < 4.78 is 5.29. The highest BCUT2D eigenvalue weighted by molar-refractivity contribution is 6.33. The average Bonchev–Trinajstić information content (AvgIpc) is 2.52. The fraction of sp³-hybridized carbons (Fsp3) is 0.538. The van der Waals surface area contributed by atoms with Gasteiger partial charge in [-0.3, -0.25) is 9.69 Å². The number of nitrogens with two attached hydrogens (primary N) is 1. The largest absolute Gasteiger partial charge is 0.379 e. The standard InChI is InChI=1S/C13H20ClN5O2/c14-11-8-10(9-17-12(11)18-15)13(20)16-2-1-3-19-4-6-21-7-5-19/h8-9H,1-7,15H2,(H,16,20)(H,17,18). The van der Waals surface area contributed by atoms with Gasteiger partial charge in [-0.05, 0) is 19.0 Å². The summed E-state index contributed by atoms with van der Waals surface area (Å²) in [5.41, 5.74) is 2.78. The first-order chi connectivity index (χ1) is 10.2. The summed E-state index contributed by atoms with van der Waals surface area (Å²) in [4.78, 5) is 18.3. The van der Waals surface area contributed by atoms with Crippen molar-refractivity contribution < 1.29 is 9.53 Å². The van der Waals surface area contributed by atoms with Gasteiger partial charge >= 0.3 is 0 Å². The highest BCUT2D eigenvalue weighted by Gasteiger charge is 2.11. The SMILES string of the molecule is NNc1ncc(C(=O)NCCCN2CCOCC2)cc1Cl. The highest BCUT2D eigenvalue weighted by Crippen LogP contribution is 2.18. The van der Waals surface area contributed by atoms with Crippen molar-refractivity contribution in [3.05, 3.63) is 22.8 Å². The Bertz CT molecular complexity index is 480. The van der Waals surface area contributed by atoms with Crippen LogP contribution in [-0.4, -0.2) is 55.2 Å². The van der Waals surface area contributed by atoms with Crippen LogP contribution in [0.15, 0.2) is 12.3 Å². The molecule has 21 heavy (non-hydrogen) atoms. The Labute approximate surface area is 128 Å². The van der Waals surface area contributed by atoms with Crippen LogP contribution in [0.5, 0.6) is 0 Å². The number of nitrogen functional groups attached to an aromatic ring is 1. The van der Waals surface area contributed by atoms with Gasteiger partial charge in [0.2, 0.25) is 0 Å². The van der Waals surface area contributed by atoms with E-state index in [1.54, 1.807) is 6.07 Å². The van der Waals surface area contributed by atoms with Gasteiger partial charge in [0, 0.05) is 25.8 Å². The van der Waals surface area contributed by atoms with Crippen molar-refractivity contribution in [2.24, 2.45) is 5.84 Å². The third kappa shape index (κ3) is 4.82. The number of carbonyl (C=O) groups is 1. The van der Waals surface area contributed by atoms with Crippen molar-refractivity contribution in [1.82, 2.24) is 15.2 Å². The molecule has 0 radical (unpaired) electrons. The maximum absolute atomic E-state index is 12.0. The van der Waals surface area contributed by atoms with E-state index in [0.717, 1.165) is 39.3 Å². The van der Waals surface area contributed by atoms with Crippen molar-refractivity contribution >= 4 is 23.3 Å². The first kappa shape index (κ1) is 16.0. The Morgan fingerprint density at radius 3 is 2.90 bits per heavy atom. The van der Waals surface area contributed by atoms with Crippen LogP contribution in [-0.2, 0) is 4.74 Å². The summed E-state index contributed by atoms with van der Waals surface area (Å²) >= 11 is 5.93. The Morgan fingerprint density at radius 2 is 2.24 bits per heavy atom. The molecule has 2 rings (SSSR count). The van der Waals surface area contributed by atoms with Crippen LogP contribution in [0.4, 0.5) is 5.82 Å². The van der Waals surface area contributed by atoms with Crippen LogP contribution in [0.2, 0.25) is 5.02 Å². The van der Waals surface area contributed by atoms with Crippen LogP contribution in [0, 0.1) is 0 Å². The van der Waals surface area contributed by atoms with Gasteiger partial charge < -0.3 is 15.5 Å². The topological polar surface area (TPSA) is 92.5 Å². The van der Waals surface area contributed by atoms with E-state index in [2.05, 4.69) is 20.6 Å². The fourth-order valence-corrected chi connectivity index (χ4v) is 2.32. The Morgan fingerprint density at radius 1 is 1.48 bits per heavy atom. The molecular formula is C13H20ClN5O2. The number of morpholine rings is 1. The number of hydrazine groups is 1. The molecule has 0 atom stereocenters. The number of nitrogens with zero attached hydrogens (tertiary/aromatic N) is 2. The number of hydrogen-bond donors (Lipinski definition) is 3. The van der Waals surface area contributed by atoms with E-state index in [-0.39, 0.29) is 5.91 Å². The molecule has 0 aromatic carbocycles. The van der Waals surface area contributed by atoms with E-state index in [0.29, 0.717) is 22.9 Å². The van der Waals surface area contributed by atoms with Crippen LogP contribution in [0.25, 0.3) is 0 Å². The molecule has 0 unspecified atom stereocenters. The van der Waals surface area contributed by atoms with Gasteiger partial charge in [0.1, 0.15) is 0 Å². The lowest BCUT2D eigenvalue weighted by Gasteiger charge is -2.26. The van der Waals surface area contributed by atoms with Gasteiger partial charge in [-0.2, -0.15) is 0 Å². The molecule has 0 saturated carbocycles. The molecule has 1 aliphatic heterocycles. The van der Waals surface area contributed by atoms with Crippen molar-refractivity contribution in [2.75, 3.05) is 44.8 Å². The predicted octanol–water partition coefficient (Wildman–Crippen LogP) is 0.473. The number of halogens is 1. The van der Waals surface area contributed by atoms with Crippen molar-refractivity contribution in [2.45, 2.75) is 6.42 Å². The number of amides is 1. The van der Waals surface area contributed by atoms with E-state index in [9.17, 15) is 4.79 Å². The second-order valence-corrected chi connectivity index (χ2v) is 5.17. The van der Waals surface area contributed by atoms with Gasteiger partial charge in [0.05, 0.1) is 23.8 Å². The number of carbonyl (C=O) groups excluding carboxylic acids is 1. The highest BCUT2D eigenvalue weighted by atomic mass is 35.5. The molecule has 4 N–H and O–H groups in total. The normalized spacial score (nSPS) is 15.7. The monoisotopic (exact) mass is 313 g/mol. The second kappa shape index (κ2) is 8.14. The van der Waals surface area contributed by atoms with Gasteiger partial charge in [-0.25, -0.2) is 10.8 Å². The molecule has 2 heterocycles. The third-order valence-corrected chi connectivity index (χ3v) is 3.57. The second-order valence-electron chi connectivity index (χ2n) is 4.76. The number of anilines is 1. The molecule has 0 bridgehead atoms. The van der Waals surface area contributed by atoms with Gasteiger partial charge in [-0.15, -0.1) is 0 Å². The van der Waals surface area contributed by atoms with Crippen LogP contribution in [0.1, 0.15) is 16.8 Å². The molecule has 7 nitrogen and oxygen atoms in total. The zero-order chi connectivity index (χ0) is 15.1. The predicted molar refractivity (Wildman–Crippen MR) is 81.3 cm³/mol. The zero-order valence-corrected chi connectivity index (χ0v) is 12.5. The molecule has 0 spiro atoms. The summed E-state index contributed by atoms with van der Waals surface area (Å²) in [5, 5.41) is 3.17. The molecule has 1 fully saturated rings. The molecular weight excluding hydrogens is 294 g/mol. The van der Waals surface area contributed by atoms with E-state index in [1.807, 2.05) is 0 Å². The summed E-state index contributed by atoms with van der Waals surface area (Å²) in [6, 6.07) is 1.54. The van der Waals surface area contributed by atoms with Gasteiger partial charge in [0.15, 0.2) is 5.82 Å². The maximum atomic E-state index is 12.0. The molecule has 116 valence electrons. The minimum atomic E-state index is -0.185. The molecule has 1 aromatic rings. The number of aromatic nitrogens is 1. The first-order valence-electron chi connectivity index (χ1n) is 6.91. The van der Waals surface area contributed by atoms with E-state index in [1.165, 1.54) is 6.20 Å². The van der Waals surface area contributed by atoms with Crippen molar-refractivity contribution in [3.8, 4) is 0 Å². The van der Waals surface area contributed by atoms with Crippen molar-refractivity contribution in [1.29, 1.82) is 0 Å². The number of hydrogen-bond acceptors (Lipinski definition) is 6. The van der Waals surface area contributed by atoms with Crippen LogP contribution >= 0.6 is 11.6 Å². The number of nitrogens with one attached hydrogen (secondary N) is 2. The Kier molecular flexibility index (Phi) is 6.19. The van der Waals surface area contributed by atoms with E-state index in [4.69, 9.17) is 22.2 Å². The van der Waals surface area contributed by atoms with Crippen LogP contribution < -0.4 is 16.6 Å². The lowest BCUT2D eigenvalue weighted by Crippen LogP contribution is -2.38. The summed E-state index contributed by atoms with van der Waals surface area (Å²) in [5.74, 6) is 5.40. The molecule has 1 aromatic heterocycles. The minimum Gasteiger partial charge on any atom is -0.379 e. The molecule has 0 aliphatic carbocycles. The number of rotatable bonds is 6. The molecule has 1 aliphatic rings. The lowest BCUT2D eigenvalue weighted by molar-refractivity contribution is 0.0374. The minimum absolute atomic E-state index is 0.185. The summed E-state index contributed by atoms with van der Waals surface area (Å²) in [7, 11) is 0. The molecule has 1 amide bonds. The van der Waals surface area contributed by atoms with Gasteiger partial charge in [0.25, 0.3) is 5.91 Å². The van der Waals surface area contributed by atoms with E-state index < -0.39 is 0 Å². The molecule has 1 saturated heterocycles. The van der Waals surface area contributed by atoms with Gasteiger partial charge in [-0.1, -0.05) is 11.6 Å². The van der Waals surface area contributed by atoms with Crippen molar-refractivity contribution in [3.63, 3.8) is 0 Å². The quantitative estimate of drug-likeness (QED) is 0.402. The van der Waals surface area contributed by atoms with Crippen LogP contribution in [0.3, 0.4) is 0 Å².